The number of urea groups is 1. The third-order valence-corrected chi connectivity index (χ3v) is 5.62. The molecule has 1 aromatic carbocycles. The second-order valence-corrected chi connectivity index (χ2v) is 7.86. The molecule has 1 aliphatic rings. The van der Waals surface area contributed by atoms with Crippen molar-refractivity contribution in [2.45, 2.75) is 20.0 Å². The summed E-state index contributed by atoms with van der Waals surface area (Å²) in [6.07, 6.45) is 4.15. The van der Waals surface area contributed by atoms with Crippen molar-refractivity contribution in [1.82, 2.24) is 20.0 Å². The summed E-state index contributed by atoms with van der Waals surface area (Å²) >= 11 is 12.6. The molecule has 0 unspecified atom stereocenters. The smallest absolute Gasteiger partial charge is 0.322 e. The molecule has 3 aromatic rings. The summed E-state index contributed by atoms with van der Waals surface area (Å²) in [4.78, 5) is 22.8. The number of amides is 2. The van der Waals surface area contributed by atoms with Crippen LogP contribution in [0.25, 0.3) is 17.0 Å². The third kappa shape index (κ3) is 4.71. The number of nitrogens with one attached hydrogen (secondary N) is 1. The monoisotopic (exact) mass is 459 g/mol. The van der Waals surface area contributed by atoms with Gasteiger partial charge in [0, 0.05) is 30.0 Å². The molecule has 0 saturated carbocycles. The van der Waals surface area contributed by atoms with Gasteiger partial charge in [-0.2, -0.15) is 4.98 Å². The van der Waals surface area contributed by atoms with Crippen molar-refractivity contribution < 1.29 is 14.4 Å². The number of benzene rings is 1. The highest BCUT2D eigenvalue weighted by Gasteiger charge is 2.21. The van der Waals surface area contributed by atoms with Crippen LogP contribution in [0.2, 0.25) is 10.0 Å². The minimum atomic E-state index is -0.309. The highest BCUT2D eigenvalue weighted by Crippen LogP contribution is 2.30. The molecule has 0 aliphatic carbocycles. The number of halogens is 2. The topological polar surface area (TPSA) is 104 Å². The molecule has 0 bridgehead atoms. The van der Waals surface area contributed by atoms with Crippen molar-refractivity contribution in [3.8, 4) is 11.5 Å². The summed E-state index contributed by atoms with van der Waals surface area (Å²) in [7, 11) is 0. The Morgan fingerprint density at radius 3 is 2.77 bits per heavy atom. The van der Waals surface area contributed by atoms with E-state index >= 15 is 0 Å². The maximum absolute atomic E-state index is 12.6. The average Bonchev–Trinajstić information content (AvgIpc) is 3.26. The lowest BCUT2D eigenvalue weighted by atomic mass is 10.0. The van der Waals surface area contributed by atoms with E-state index in [0.717, 1.165) is 11.1 Å². The lowest BCUT2D eigenvalue weighted by molar-refractivity contribution is 0.217. The van der Waals surface area contributed by atoms with Gasteiger partial charge in [-0.3, -0.25) is 4.98 Å². The summed E-state index contributed by atoms with van der Waals surface area (Å²) in [5.41, 5.74) is 3.78. The normalized spacial score (nSPS) is 13.8. The number of rotatable bonds is 4. The van der Waals surface area contributed by atoms with Gasteiger partial charge in [0.2, 0.25) is 0 Å². The van der Waals surface area contributed by atoms with Crippen molar-refractivity contribution >= 4 is 40.5 Å². The van der Waals surface area contributed by atoms with Gasteiger partial charge >= 0.3 is 6.03 Å². The minimum Gasteiger partial charge on any atom is -0.388 e. The van der Waals surface area contributed by atoms with Crippen LogP contribution in [0.15, 0.2) is 41.1 Å². The Morgan fingerprint density at radius 1 is 1.29 bits per heavy atom. The van der Waals surface area contributed by atoms with Crippen molar-refractivity contribution in [2.75, 3.05) is 18.4 Å². The molecule has 0 spiro atoms. The molecular formula is C21H19Cl2N5O3. The number of aryl methyl sites for hydroxylation is 1. The van der Waals surface area contributed by atoms with Crippen LogP contribution >= 0.6 is 23.2 Å². The number of carbonyl (C=O) groups excluding carboxylic acids is 1. The highest BCUT2D eigenvalue weighted by atomic mass is 35.5. The Labute approximate surface area is 188 Å². The molecule has 31 heavy (non-hydrogen) atoms. The quantitative estimate of drug-likeness (QED) is 0.592. The number of nitrogens with zero attached hydrogens (tertiary/aromatic N) is 4. The van der Waals surface area contributed by atoms with Gasteiger partial charge in [-0.25, -0.2) is 4.79 Å². The summed E-state index contributed by atoms with van der Waals surface area (Å²) in [5.74, 6) is 0.429. The van der Waals surface area contributed by atoms with Crippen LogP contribution in [0.5, 0.6) is 0 Å². The zero-order valence-electron chi connectivity index (χ0n) is 16.6. The van der Waals surface area contributed by atoms with Crippen LogP contribution in [0.4, 0.5) is 10.5 Å². The van der Waals surface area contributed by atoms with E-state index < -0.39 is 0 Å². The van der Waals surface area contributed by atoms with E-state index in [9.17, 15) is 4.79 Å². The molecule has 0 radical (unpaired) electrons. The maximum atomic E-state index is 12.6. The fourth-order valence-electron chi connectivity index (χ4n) is 3.17. The number of anilines is 1. The first-order valence-corrected chi connectivity index (χ1v) is 10.3. The average molecular weight is 460 g/mol. The number of aliphatic hydroxyl groups is 1. The molecule has 3 heterocycles. The van der Waals surface area contributed by atoms with Gasteiger partial charge in [0.25, 0.3) is 5.89 Å². The Bertz CT molecular complexity index is 1160. The summed E-state index contributed by atoms with van der Waals surface area (Å²) in [6.45, 7) is 2.56. The zero-order valence-corrected chi connectivity index (χ0v) is 18.1. The number of carbonyl (C=O) groups is 1. The van der Waals surface area contributed by atoms with Crippen molar-refractivity contribution in [3.05, 3.63) is 63.7 Å². The number of hydrogen-bond acceptors (Lipinski definition) is 6. The number of hydrogen-bond donors (Lipinski definition) is 2. The summed E-state index contributed by atoms with van der Waals surface area (Å²) < 4.78 is 5.09. The van der Waals surface area contributed by atoms with Crippen LogP contribution in [-0.2, 0) is 6.61 Å². The Kier molecular flexibility index (Phi) is 6.22. The maximum Gasteiger partial charge on any atom is 0.322 e. The standard InChI is InChI=1S/C21H19Cl2N5O3/c1-12-2-3-15(9-16(12)22)25-21(30)28-6-4-13(5-7-28)19-17(23)8-14(10-24-19)20-26-18(11-29)27-31-20/h2-4,8-10,29H,5-7,11H2,1H3,(H,25,30). The molecule has 1 aliphatic heterocycles. The van der Waals surface area contributed by atoms with E-state index in [-0.39, 0.29) is 24.4 Å². The van der Waals surface area contributed by atoms with E-state index in [2.05, 4.69) is 20.4 Å². The SMILES string of the molecule is Cc1ccc(NC(=O)N2CC=C(c3ncc(-c4nc(CO)no4)cc3Cl)CC2)cc1Cl. The first-order chi connectivity index (χ1) is 14.9. The van der Waals surface area contributed by atoms with E-state index in [4.69, 9.17) is 32.8 Å². The molecule has 0 fully saturated rings. The molecule has 2 N–H and O–H groups in total. The van der Waals surface area contributed by atoms with Gasteiger partial charge in [0.1, 0.15) is 6.61 Å². The van der Waals surface area contributed by atoms with Crippen LogP contribution < -0.4 is 5.32 Å². The molecule has 2 amide bonds. The van der Waals surface area contributed by atoms with Crippen LogP contribution in [0.1, 0.15) is 23.5 Å². The van der Waals surface area contributed by atoms with Crippen LogP contribution in [0, 0.1) is 6.92 Å². The van der Waals surface area contributed by atoms with E-state index in [1.165, 1.54) is 0 Å². The number of aromatic nitrogens is 3. The first kappa shape index (κ1) is 21.3. The Morgan fingerprint density at radius 2 is 2.13 bits per heavy atom. The molecule has 8 nitrogen and oxygen atoms in total. The lowest BCUT2D eigenvalue weighted by Crippen LogP contribution is -2.38. The van der Waals surface area contributed by atoms with Crippen molar-refractivity contribution in [3.63, 3.8) is 0 Å². The summed E-state index contributed by atoms with van der Waals surface area (Å²) in [6, 6.07) is 6.92. The predicted molar refractivity (Wildman–Crippen MR) is 118 cm³/mol. The largest absolute Gasteiger partial charge is 0.388 e. The second kappa shape index (κ2) is 9.05. The van der Waals surface area contributed by atoms with Crippen LogP contribution in [0.3, 0.4) is 0 Å². The molecule has 160 valence electrons. The zero-order chi connectivity index (χ0) is 22.0. The van der Waals surface area contributed by atoms with Crippen LogP contribution in [-0.4, -0.2) is 44.3 Å². The van der Waals surface area contributed by atoms with Gasteiger partial charge in [-0.15, -0.1) is 0 Å². The minimum absolute atomic E-state index is 0.191. The van der Waals surface area contributed by atoms with Gasteiger partial charge in [-0.1, -0.05) is 40.5 Å². The summed E-state index contributed by atoms with van der Waals surface area (Å²) in [5, 5.41) is 16.6. The van der Waals surface area contributed by atoms with Gasteiger partial charge in [0.15, 0.2) is 5.82 Å². The predicted octanol–water partition coefficient (Wildman–Crippen LogP) is 4.56. The third-order valence-electron chi connectivity index (χ3n) is 4.92. The molecule has 10 heteroatoms. The van der Waals surface area contributed by atoms with Gasteiger partial charge in [0.05, 0.1) is 16.3 Å². The fraction of sp³-hybridized carbons (Fsp3) is 0.238. The first-order valence-electron chi connectivity index (χ1n) is 9.55. The van der Waals surface area contributed by atoms with Crippen molar-refractivity contribution in [1.29, 1.82) is 0 Å². The van der Waals surface area contributed by atoms with E-state index in [1.54, 1.807) is 23.2 Å². The fourth-order valence-corrected chi connectivity index (χ4v) is 3.64. The Balaban J connectivity index is 1.43. The van der Waals surface area contributed by atoms with Gasteiger partial charge in [-0.05, 0) is 42.7 Å². The number of aliphatic hydroxyl groups excluding tert-OH is 1. The molecule has 0 saturated heterocycles. The lowest BCUT2D eigenvalue weighted by Gasteiger charge is -2.27. The molecule has 2 aromatic heterocycles. The van der Waals surface area contributed by atoms with Crippen molar-refractivity contribution in [2.24, 2.45) is 0 Å². The Hall–Kier alpha value is -2.94. The second-order valence-electron chi connectivity index (χ2n) is 7.05. The highest BCUT2D eigenvalue weighted by molar-refractivity contribution is 6.32. The molecule has 4 rings (SSSR count). The van der Waals surface area contributed by atoms with E-state index in [0.29, 0.717) is 46.5 Å². The molecular weight excluding hydrogens is 441 g/mol. The number of pyridine rings is 1. The van der Waals surface area contributed by atoms with E-state index in [1.807, 2.05) is 25.1 Å². The molecule has 0 atom stereocenters. The van der Waals surface area contributed by atoms with Gasteiger partial charge < -0.3 is 19.8 Å².